The monoisotopic (exact) mass is 499 g/mol. The second kappa shape index (κ2) is 10.9. The van der Waals surface area contributed by atoms with Gasteiger partial charge in [-0.15, -0.1) is 11.3 Å². The van der Waals surface area contributed by atoms with Gasteiger partial charge in [-0.3, -0.25) is 14.6 Å². The predicted molar refractivity (Wildman–Crippen MR) is 131 cm³/mol. The smallest absolute Gasteiger partial charge is 0.410 e. The Morgan fingerprint density at radius 2 is 1.97 bits per heavy atom. The number of thiazole rings is 1. The number of anilines is 1. The third-order valence-corrected chi connectivity index (χ3v) is 7.26. The number of carbonyl (C=O) groups is 2. The van der Waals surface area contributed by atoms with E-state index >= 15 is 0 Å². The Morgan fingerprint density at radius 3 is 2.62 bits per heavy atom. The number of rotatable bonds is 7. The molecule has 178 valence electrons. The summed E-state index contributed by atoms with van der Waals surface area (Å²) in [5.41, 5.74) is 2.34. The van der Waals surface area contributed by atoms with Crippen LogP contribution in [0.4, 0.5) is 9.93 Å². The van der Waals surface area contributed by atoms with Crippen molar-refractivity contribution in [2.24, 2.45) is 0 Å². The highest BCUT2D eigenvalue weighted by atomic mass is 32.2. The summed E-state index contributed by atoms with van der Waals surface area (Å²) in [7, 11) is 0. The molecule has 0 bridgehead atoms. The fourth-order valence-corrected chi connectivity index (χ4v) is 5.45. The van der Waals surface area contributed by atoms with Crippen molar-refractivity contribution in [3.05, 3.63) is 82.9 Å². The zero-order valence-electron chi connectivity index (χ0n) is 18.6. The Hall–Kier alpha value is -3.08. The number of hydrogen-bond acceptors (Lipinski definition) is 6. The average molecular weight is 500 g/mol. The van der Waals surface area contributed by atoms with Gasteiger partial charge in [0.2, 0.25) is 0 Å². The predicted octanol–water partition coefficient (Wildman–Crippen LogP) is 4.51. The lowest BCUT2D eigenvalue weighted by atomic mass is 10.1. The fourth-order valence-electron chi connectivity index (χ4n) is 3.94. The molecule has 0 aliphatic carbocycles. The molecule has 1 aromatic heterocycles. The lowest BCUT2D eigenvalue weighted by molar-refractivity contribution is -0.122. The minimum atomic E-state index is -2.41. The molecule has 3 unspecified atom stereocenters. The van der Waals surface area contributed by atoms with E-state index in [9.17, 15) is 18.4 Å². The lowest BCUT2D eigenvalue weighted by Crippen LogP contribution is -2.50. The molecule has 4 rings (SSSR count). The van der Waals surface area contributed by atoms with E-state index in [2.05, 4.69) is 4.98 Å². The summed E-state index contributed by atoms with van der Waals surface area (Å²) >= 11 is -1.22. The van der Waals surface area contributed by atoms with E-state index in [0.29, 0.717) is 30.1 Å². The number of aryl methyl sites for hydroxylation is 1. The molecule has 0 saturated carbocycles. The number of nitrogens with zero attached hydrogens (tertiary/aromatic N) is 3. The molecule has 2 aromatic carbocycles. The molecule has 10 heteroatoms. The van der Waals surface area contributed by atoms with E-state index in [4.69, 9.17) is 4.74 Å². The maximum absolute atomic E-state index is 13.8. The van der Waals surface area contributed by atoms with Crippen molar-refractivity contribution in [2.75, 3.05) is 11.4 Å². The van der Waals surface area contributed by atoms with Crippen molar-refractivity contribution in [1.82, 2.24) is 9.88 Å². The summed E-state index contributed by atoms with van der Waals surface area (Å²) in [6.45, 7) is 2.38. The minimum Gasteiger partial charge on any atom is -0.445 e. The number of hydrogen-bond donors (Lipinski definition) is 1. The molecule has 0 spiro atoms. The first kappa shape index (κ1) is 24.1. The highest BCUT2D eigenvalue weighted by molar-refractivity contribution is 7.79. The zero-order chi connectivity index (χ0) is 24.1. The van der Waals surface area contributed by atoms with Crippen LogP contribution in [0.25, 0.3) is 0 Å². The van der Waals surface area contributed by atoms with Crippen molar-refractivity contribution < 1.29 is 23.1 Å². The number of likely N-dealkylation sites (tertiary alicyclic amines) is 1. The van der Waals surface area contributed by atoms with Crippen LogP contribution in [0.5, 0.6) is 0 Å². The molecule has 8 nitrogen and oxygen atoms in total. The van der Waals surface area contributed by atoms with Gasteiger partial charge in [0.25, 0.3) is 5.91 Å². The maximum atomic E-state index is 13.8. The Balaban J connectivity index is 1.60. The standard InChI is InChI=1S/C24H25N3O5S2/c1-17-9-11-19(12-10-17)22(34(30)31)27(23-25-13-15-33-23)21(28)20-8-5-14-26(20)24(29)32-16-18-6-3-2-4-7-18/h2-4,6-7,9-13,15,20,22H,5,8,14,16H2,1H3,(H,30,31). The van der Waals surface area contributed by atoms with Crippen LogP contribution in [0.3, 0.4) is 0 Å². The van der Waals surface area contributed by atoms with Crippen molar-refractivity contribution in [1.29, 1.82) is 0 Å². The summed E-state index contributed by atoms with van der Waals surface area (Å²) in [5, 5.41) is 0.826. The molecular formula is C24H25N3O5S2. The normalized spacial score (nSPS) is 17.2. The average Bonchev–Trinajstić information content (AvgIpc) is 3.54. The lowest BCUT2D eigenvalue weighted by Gasteiger charge is -2.32. The molecule has 3 aromatic rings. The Labute approximate surface area is 204 Å². The number of amides is 2. The molecule has 0 radical (unpaired) electrons. The van der Waals surface area contributed by atoms with Crippen molar-refractivity contribution in [2.45, 2.75) is 37.8 Å². The van der Waals surface area contributed by atoms with Crippen LogP contribution in [0, 0.1) is 6.92 Å². The molecule has 1 fully saturated rings. The number of benzene rings is 2. The Bertz CT molecular complexity index is 1140. The van der Waals surface area contributed by atoms with E-state index in [1.807, 2.05) is 49.4 Å². The molecule has 1 saturated heterocycles. The van der Waals surface area contributed by atoms with Crippen LogP contribution in [-0.4, -0.2) is 43.2 Å². The van der Waals surface area contributed by atoms with Crippen LogP contribution in [0.2, 0.25) is 0 Å². The first-order valence-electron chi connectivity index (χ1n) is 10.8. The van der Waals surface area contributed by atoms with Gasteiger partial charge in [-0.05, 0) is 30.9 Å². The second-order valence-electron chi connectivity index (χ2n) is 7.95. The van der Waals surface area contributed by atoms with Gasteiger partial charge in [-0.2, -0.15) is 0 Å². The highest BCUT2D eigenvalue weighted by Gasteiger charge is 2.42. The van der Waals surface area contributed by atoms with Gasteiger partial charge < -0.3 is 9.29 Å². The third-order valence-electron chi connectivity index (χ3n) is 5.63. The van der Waals surface area contributed by atoms with Gasteiger partial charge in [-0.25, -0.2) is 14.0 Å². The van der Waals surface area contributed by atoms with Crippen LogP contribution >= 0.6 is 11.3 Å². The molecule has 2 heterocycles. The largest absolute Gasteiger partial charge is 0.445 e. The minimum absolute atomic E-state index is 0.0971. The summed E-state index contributed by atoms with van der Waals surface area (Å²) in [5.74, 6) is -0.461. The molecular weight excluding hydrogens is 474 g/mol. The Kier molecular flexibility index (Phi) is 7.71. The first-order chi connectivity index (χ1) is 16.5. The van der Waals surface area contributed by atoms with Crippen LogP contribution in [-0.2, 0) is 27.2 Å². The van der Waals surface area contributed by atoms with E-state index in [1.165, 1.54) is 27.3 Å². The third kappa shape index (κ3) is 5.35. The quantitative estimate of drug-likeness (QED) is 0.480. The second-order valence-corrected chi connectivity index (χ2v) is 9.83. The summed E-state index contributed by atoms with van der Waals surface area (Å²) < 4.78 is 28.2. The fraction of sp³-hybridized carbons (Fsp3) is 0.292. The van der Waals surface area contributed by atoms with E-state index < -0.39 is 34.5 Å². The summed E-state index contributed by atoms with van der Waals surface area (Å²) in [6.07, 6.45) is 2.00. The van der Waals surface area contributed by atoms with Gasteiger partial charge in [0, 0.05) is 18.1 Å². The van der Waals surface area contributed by atoms with Gasteiger partial charge in [-0.1, -0.05) is 60.2 Å². The van der Waals surface area contributed by atoms with E-state index in [1.54, 1.807) is 17.5 Å². The number of ether oxygens (including phenoxy) is 1. The molecule has 1 aliphatic heterocycles. The highest BCUT2D eigenvalue weighted by Crippen LogP contribution is 2.34. The van der Waals surface area contributed by atoms with Crippen molar-refractivity contribution in [3.63, 3.8) is 0 Å². The molecule has 2 amide bonds. The van der Waals surface area contributed by atoms with Gasteiger partial charge in [0.15, 0.2) is 21.6 Å². The first-order valence-corrected chi connectivity index (χ1v) is 12.9. The molecule has 1 aliphatic rings. The van der Waals surface area contributed by atoms with E-state index in [-0.39, 0.29) is 6.61 Å². The van der Waals surface area contributed by atoms with Crippen LogP contribution < -0.4 is 4.90 Å². The van der Waals surface area contributed by atoms with Gasteiger partial charge in [0.05, 0.1) is 0 Å². The zero-order valence-corrected chi connectivity index (χ0v) is 20.2. The topological polar surface area (TPSA) is 100 Å². The van der Waals surface area contributed by atoms with Gasteiger partial charge in [0.1, 0.15) is 12.6 Å². The molecule has 34 heavy (non-hydrogen) atoms. The number of aromatic nitrogens is 1. The molecule has 3 atom stereocenters. The number of carbonyl (C=O) groups excluding carboxylic acids is 2. The Morgan fingerprint density at radius 1 is 1.24 bits per heavy atom. The van der Waals surface area contributed by atoms with Crippen LogP contribution in [0.1, 0.15) is 34.9 Å². The maximum Gasteiger partial charge on any atom is 0.410 e. The van der Waals surface area contributed by atoms with Gasteiger partial charge >= 0.3 is 6.09 Å². The molecule has 1 N–H and O–H groups in total. The SMILES string of the molecule is Cc1ccc(C(N(C(=O)C2CCCN2C(=O)OCc2ccccc2)c2nccs2)S(=O)O)cc1. The summed E-state index contributed by atoms with van der Waals surface area (Å²) in [4.78, 5) is 33.6. The van der Waals surface area contributed by atoms with Crippen molar-refractivity contribution >= 4 is 39.5 Å². The van der Waals surface area contributed by atoms with E-state index in [0.717, 1.165) is 11.1 Å². The van der Waals surface area contributed by atoms with Crippen molar-refractivity contribution in [3.8, 4) is 0 Å². The summed E-state index contributed by atoms with van der Waals surface area (Å²) in [6, 6.07) is 15.6. The van der Waals surface area contributed by atoms with Crippen LogP contribution in [0.15, 0.2) is 66.2 Å².